The molecule has 1 aromatic heterocycles. The van der Waals surface area contributed by atoms with Gasteiger partial charge in [-0.3, -0.25) is 4.99 Å². The van der Waals surface area contributed by atoms with Gasteiger partial charge in [0.25, 0.3) is 0 Å². The van der Waals surface area contributed by atoms with Gasteiger partial charge in [-0.05, 0) is 31.4 Å². The first-order chi connectivity index (χ1) is 12.6. The Morgan fingerprint density at radius 1 is 1.48 bits per heavy atom. The van der Waals surface area contributed by atoms with Crippen molar-refractivity contribution in [3.05, 3.63) is 40.0 Å². The number of benzene rings is 1. The standard InChI is InChI=1S/C17H21N5O3S2/c1-4-10-5-6-11-7-19-8-12(11)14(10)21-16(23)22-27(18,25)13-9-20-15(26-13)17(2,3)24/h5-7,9,24H,4,8H2,1-3H3,(H3,18,21,22,23,25). The molecule has 2 aromatic rings. The molecule has 3 rings (SSSR count). The summed E-state index contributed by atoms with van der Waals surface area (Å²) in [6, 6.07) is 3.08. The van der Waals surface area contributed by atoms with Crippen LogP contribution in [0.3, 0.4) is 0 Å². The number of fused-ring (bicyclic) bond motifs is 1. The molecule has 1 unspecified atom stereocenters. The van der Waals surface area contributed by atoms with Crippen LogP contribution in [0.25, 0.3) is 0 Å². The lowest BCUT2D eigenvalue weighted by Gasteiger charge is -2.13. The summed E-state index contributed by atoms with van der Waals surface area (Å²) in [6.07, 6.45) is 3.75. The fourth-order valence-electron chi connectivity index (χ4n) is 2.66. The van der Waals surface area contributed by atoms with Gasteiger partial charge in [0.15, 0.2) is 9.92 Å². The summed E-state index contributed by atoms with van der Waals surface area (Å²) in [5, 5.41) is 18.8. The number of thiazole rings is 1. The number of aromatic nitrogens is 1. The van der Waals surface area contributed by atoms with Gasteiger partial charge in [-0.25, -0.2) is 19.1 Å². The van der Waals surface area contributed by atoms with E-state index in [-0.39, 0.29) is 4.21 Å². The number of nitrogens with one attached hydrogen (secondary N) is 1. The van der Waals surface area contributed by atoms with Crippen LogP contribution in [-0.2, 0) is 28.5 Å². The maximum atomic E-state index is 12.7. The monoisotopic (exact) mass is 407 g/mol. The fourth-order valence-corrected chi connectivity index (χ4v) is 4.73. The first-order valence-corrected chi connectivity index (χ1v) is 10.7. The van der Waals surface area contributed by atoms with Crippen molar-refractivity contribution in [2.45, 2.75) is 43.5 Å². The van der Waals surface area contributed by atoms with Crippen molar-refractivity contribution in [2.24, 2.45) is 14.5 Å². The molecular weight excluding hydrogens is 386 g/mol. The van der Waals surface area contributed by atoms with Crippen LogP contribution in [0.2, 0.25) is 0 Å². The quantitative estimate of drug-likeness (QED) is 0.719. The average molecular weight is 408 g/mol. The zero-order chi connectivity index (χ0) is 19.8. The van der Waals surface area contributed by atoms with Gasteiger partial charge in [0.05, 0.1) is 18.4 Å². The van der Waals surface area contributed by atoms with Crippen molar-refractivity contribution in [1.29, 1.82) is 0 Å². The van der Waals surface area contributed by atoms with E-state index in [1.807, 2.05) is 19.1 Å². The van der Waals surface area contributed by atoms with Crippen molar-refractivity contribution >= 4 is 39.2 Å². The second-order valence-electron chi connectivity index (χ2n) is 6.62. The Balaban J connectivity index is 1.90. The molecule has 0 saturated carbocycles. The summed E-state index contributed by atoms with van der Waals surface area (Å²) < 4.78 is 16.5. The SMILES string of the molecule is CCc1ccc2c(c1NC(=O)N=S(N)(=O)c1cnc(C(C)(C)O)s1)CN=C2. The topological polar surface area (TPSA) is 130 Å². The van der Waals surface area contributed by atoms with Crippen LogP contribution < -0.4 is 10.5 Å². The van der Waals surface area contributed by atoms with Gasteiger partial charge >= 0.3 is 6.03 Å². The predicted molar refractivity (Wildman–Crippen MR) is 107 cm³/mol. The number of hydrogen-bond donors (Lipinski definition) is 3. The highest BCUT2D eigenvalue weighted by Gasteiger charge is 2.24. The molecule has 1 aliphatic rings. The van der Waals surface area contributed by atoms with Gasteiger partial charge in [0.1, 0.15) is 14.8 Å². The highest BCUT2D eigenvalue weighted by molar-refractivity contribution is 7.93. The van der Waals surface area contributed by atoms with Gasteiger partial charge < -0.3 is 10.4 Å². The van der Waals surface area contributed by atoms with Gasteiger partial charge in [0.2, 0.25) is 0 Å². The lowest BCUT2D eigenvalue weighted by atomic mass is 10.0. The molecule has 27 heavy (non-hydrogen) atoms. The maximum absolute atomic E-state index is 12.7. The molecule has 144 valence electrons. The summed E-state index contributed by atoms with van der Waals surface area (Å²) >= 11 is 0.967. The van der Waals surface area contributed by atoms with Crippen molar-refractivity contribution in [2.75, 3.05) is 5.32 Å². The lowest BCUT2D eigenvalue weighted by Crippen LogP contribution is -2.18. The Bertz CT molecular complexity index is 1040. The van der Waals surface area contributed by atoms with Crippen molar-refractivity contribution in [3.63, 3.8) is 0 Å². The smallest absolute Gasteiger partial charge is 0.354 e. The van der Waals surface area contributed by atoms with E-state index in [9.17, 15) is 14.1 Å². The minimum Gasteiger partial charge on any atom is -0.383 e. The molecule has 0 spiro atoms. The molecule has 4 N–H and O–H groups in total. The van der Waals surface area contributed by atoms with Crippen LogP contribution in [0.1, 0.15) is 42.5 Å². The van der Waals surface area contributed by atoms with Crippen LogP contribution in [0, 0.1) is 0 Å². The van der Waals surface area contributed by atoms with E-state index in [1.54, 1.807) is 20.1 Å². The molecule has 0 fully saturated rings. The fraction of sp³-hybridized carbons (Fsp3) is 0.353. The van der Waals surface area contributed by atoms with E-state index in [0.717, 1.165) is 28.0 Å². The molecule has 1 aromatic carbocycles. The summed E-state index contributed by atoms with van der Waals surface area (Å²) in [5.74, 6) is 0. The van der Waals surface area contributed by atoms with Crippen LogP contribution in [0.15, 0.2) is 31.9 Å². The number of carbonyl (C=O) groups excluding carboxylic acids is 1. The van der Waals surface area contributed by atoms with E-state index in [2.05, 4.69) is 19.7 Å². The number of carbonyl (C=O) groups is 1. The summed E-state index contributed by atoms with van der Waals surface area (Å²) in [5.41, 5.74) is 2.23. The second kappa shape index (κ2) is 7.12. The molecule has 1 atom stereocenters. The Hall–Kier alpha value is -2.14. The molecule has 0 bridgehead atoms. The largest absolute Gasteiger partial charge is 0.383 e. The molecule has 10 heteroatoms. The summed E-state index contributed by atoms with van der Waals surface area (Å²) in [7, 11) is -3.48. The molecule has 0 radical (unpaired) electrons. The van der Waals surface area contributed by atoms with E-state index < -0.39 is 21.5 Å². The van der Waals surface area contributed by atoms with E-state index in [0.29, 0.717) is 23.7 Å². The molecule has 0 aliphatic carbocycles. The minimum atomic E-state index is -3.48. The van der Waals surface area contributed by atoms with Gasteiger partial charge in [-0.2, -0.15) is 0 Å². The van der Waals surface area contributed by atoms with Crippen LogP contribution >= 0.6 is 11.3 Å². The third-order valence-corrected chi connectivity index (χ3v) is 7.23. The first-order valence-electron chi connectivity index (χ1n) is 8.31. The number of rotatable bonds is 4. The van der Waals surface area contributed by atoms with Crippen molar-refractivity contribution in [3.8, 4) is 0 Å². The number of nitrogens with zero attached hydrogens (tertiary/aromatic N) is 3. The van der Waals surface area contributed by atoms with Gasteiger partial charge in [0, 0.05) is 11.8 Å². The summed E-state index contributed by atoms with van der Waals surface area (Å²) in [6.45, 7) is 5.57. The predicted octanol–water partition coefficient (Wildman–Crippen LogP) is 2.80. The average Bonchev–Trinajstić information content (AvgIpc) is 3.24. The first kappa shape index (κ1) is 19.6. The summed E-state index contributed by atoms with van der Waals surface area (Å²) in [4.78, 5) is 20.7. The van der Waals surface area contributed by atoms with Crippen LogP contribution in [0.4, 0.5) is 10.5 Å². The Labute approximate surface area is 161 Å². The normalized spacial score (nSPS) is 15.3. The highest BCUT2D eigenvalue weighted by atomic mass is 32.2. The molecule has 2 heterocycles. The Kier molecular flexibility index (Phi) is 5.17. The van der Waals surface area contributed by atoms with Crippen molar-refractivity contribution < 1.29 is 14.1 Å². The Morgan fingerprint density at radius 2 is 2.22 bits per heavy atom. The van der Waals surface area contributed by atoms with Crippen molar-refractivity contribution in [1.82, 2.24) is 4.98 Å². The molecule has 0 saturated heterocycles. The zero-order valence-corrected chi connectivity index (χ0v) is 16.9. The lowest BCUT2D eigenvalue weighted by molar-refractivity contribution is 0.0783. The maximum Gasteiger partial charge on any atom is 0.354 e. The number of aliphatic hydroxyl groups is 1. The van der Waals surface area contributed by atoms with Gasteiger partial charge in [-0.1, -0.05) is 19.1 Å². The van der Waals surface area contributed by atoms with Crippen LogP contribution in [-0.4, -0.2) is 26.5 Å². The highest BCUT2D eigenvalue weighted by Crippen LogP contribution is 2.30. The number of anilines is 1. The van der Waals surface area contributed by atoms with E-state index >= 15 is 0 Å². The number of aryl methyl sites for hydroxylation is 1. The molecule has 1 aliphatic heterocycles. The molecular formula is C17H21N5O3S2. The van der Waals surface area contributed by atoms with E-state index in [1.165, 1.54) is 6.20 Å². The van der Waals surface area contributed by atoms with Crippen LogP contribution in [0.5, 0.6) is 0 Å². The minimum absolute atomic E-state index is 0.132. The third-order valence-electron chi connectivity index (χ3n) is 4.04. The number of urea groups is 1. The zero-order valence-electron chi connectivity index (χ0n) is 15.2. The third kappa shape index (κ3) is 4.08. The van der Waals surface area contributed by atoms with Gasteiger partial charge in [-0.15, -0.1) is 15.7 Å². The second-order valence-corrected chi connectivity index (χ2v) is 9.67. The number of aliphatic imine (C=N–C) groups is 1. The number of nitrogens with two attached hydrogens (primary N) is 1. The number of amides is 2. The Morgan fingerprint density at radius 3 is 2.85 bits per heavy atom. The molecule has 2 amide bonds. The van der Waals surface area contributed by atoms with E-state index in [4.69, 9.17) is 5.14 Å². The molecule has 8 nitrogen and oxygen atoms in total. The number of hydrogen-bond acceptors (Lipinski definition) is 6.